The molecule has 0 saturated carbocycles. The Hall–Kier alpha value is -0.950. The third-order valence-corrected chi connectivity index (χ3v) is 5.53. The van der Waals surface area contributed by atoms with E-state index in [-0.39, 0.29) is 12.5 Å². The second-order valence-electron chi connectivity index (χ2n) is 6.74. The molecule has 7 unspecified atom stereocenters. The van der Waals surface area contributed by atoms with Crippen LogP contribution in [0.3, 0.4) is 0 Å². The number of hydrogen-bond donors (Lipinski definition) is 3. The van der Waals surface area contributed by atoms with Crippen molar-refractivity contribution in [1.82, 2.24) is 0 Å². The molecule has 21 heavy (non-hydrogen) atoms. The molecule has 3 rings (SSSR count). The van der Waals surface area contributed by atoms with Gasteiger partial charge in [0, 0.05) is 5.92 Å². The first-order valence-corrected chi connectivity index (χ1v) is 7.32. The first-order chi connectivity index (χ1) is 9.72. The zero-order valence-corrected chi connectivity index (χ0v) is 12.4. The molecule has 3 N–H and O–H groups in total. The van der Waals surface area contributed by atoms with Gasteiger partial charge in [0.15, 0.2) is 11.9 Å². The summed E-state index contributed by atoms with van der Waals surface area (Å²) in [5, 5.41) is 31.7. The van der Waals surface area contributed by atoms with Gasteiger partial charge in [-0.3, -0.25) is 0 Å². The zero-order valence-electron chi connectivity index (χ0n) is 12.4. The summed E-state index contributed by atoms with van der Waals surface area (Å²) in [6.45, 7) is 5.32. The maximum Gasteiger partial charge on any atom is 0.335 e. The second-order valence-corrected chi connectivity index (χ2v) is 6.74. The molecule has 2 aliphatic heterocycles. The monoisotopic (exact) mass is 298 g/mol. The fraction of sp³-hybridized carbons (Fsp3) is 0.800. The molecule has 2 heterocycles. The normalized spacial score (nSPS) is 53.3. The van der Waals surface area contributed by atoms with Crippen LogP contribution in [0, 0.1) is 17.3 Å². The molecule has 7 atom stereocenters. The molecule has 0 radical (unpaired) electrons. The van der Waals surface area contributed by atoms with Crippen LogP contribution in [0.4, 0.5) is 0 Å². The van der Waals surface area contributed by atoms with Crippen molar-refractivity contribution in [2.45, 2.75) is 51.3 Å². The second kappa shape index (κ2) is 4.52. The predicted octanol–water partition coefficient (Wildman–Crippen LogP) is -0.0390. The van der Waals surface area contributed by atoms with Crippen LogP contribution in [0.25, 0.3) is 0 Å². The Morgan fingerprint density at radius 3 is 2.71 bits per heavy atom. The minimum Gasteiger partial charge on any atom is -0.463 e. The number of carbonyl (C=O) groups is 1. The quantitative estimate of drug-likeness (QED) is 0.429. The first kappa shape index (κ1) is 15.0. The molecule has 2 fully saturated rings. The van der Waals surface area contributed by atoms with Crippen molar-refractivity contribution < 1.29 is 29.6 Å². The summed E-state index contributed by atoms with van der Waals surface area (Å²) < 4.78 is 10.6. The van der Waals surface area contributed by atoms with Gasteiger partial charge in [-0.25, -0.2) is 4.79 Å². The molecule has 1 aliphatic carbocycles. The molecule has 1 spiro atoms. The summed E-state index contributed by atoms with van der Waals surface area (Å²) in [5.41, 5.74) is -0.450. The van der Waals surface area contributed by atoms with E-state index in [2.05, 4.69) is 0 Å². The van der Waals surface area contributed by atoms with Crippen LogP contribution in [-0.4, -0.2) is 52.0 Å². The molecule has 2 saturated heterocycles. The smallest absolute Gasteiger partial charge is 0.335 e. The Balaban J connectivity index is 2.12. The third-order valence-electron chi connectivity index (χ3n) is 5.53. The van der Waals surface area contributed by atoms with Gasteiger partial charge in [0.1, 0.15) is 6.10 Å². The van der Waals surface area contributed by atoms with Gasteiger partial charge in [-0.05, 0) is 31.8 Å². The maximum absolute atomic E-state index is 12.0. The van der Waals surface area contributed by atoms with Crippen LogP contribution >= 0.6 is 0 Å². The summed E-state index contributed by atoms with van der Waals surface area (Å²) in [5.74, 6) is -2.70. The fourth-order valence-corrected chi connectivity index (χ4v) is 4.31. The Labute approximate surface area is 123 Å². The lowest BCUT2D eigenvalue weighted by atomic mass is 9.57. The number of ether oxygens (including phenoxy) is 2. The minimum atomic E-state index is -1.71. The number of fused-ring (bicyclic) bond motifs is 2. The van der Waals surface area contributed by atoms with Crippen molar-refractivity contribution >= 4 is 5.97 Å². The zero-order chi connectivity index (χ0) is 15.6. The van der Waals surface area contributed by atoms with Crippen molar-refractivity contribution in [3.05, 3.63) is 11.6 Å². The summed E-state index contributed by atoms with van der Waals surface area (Å²) in [6, 6.07) is 0. The van der Waals surface area contributed by atoms with Crippen LogP contribution in [-0.2, 0) is 14.3 Å². The van der Waals surface area contributed by atoms with E-state index in [1.165, 1.54) is 6.92 Å². The number of allylic oxidation sites excluding steroid dienone is 1. The third kappa shape index (κ3) is 1.76. The highest BCUT2D eigenvalue weighted by atomic mass is 16.7. The van der Waals surface area contributed by atoms with E-state index in [0.717, 1.165) is 0 Å². The van der Waals surface area contributed by atoms with Gasteiger partial charge in [0.2, 0.25) is 0 Å². The van der Waals surface area contributed by atoms with Gasteiger partial charge >= 0.3 is 5.97 Å². The highest BCUT2D eigenvalue weighted by molar-refractivity contribution is 5.77. The van der Waals surface area contributed by atoms with Crippen LogP contribution < -0.4 is 0 Å². The molecule has 0 amide bonds. The number of aliphatic hydroxyl groups excluding tert-OH is 2. The van der Waals surface area contributed by atoms with Gasteiger partial charge in [-0.1, -0.05) is 13.0 Å². The minimum absolute atomic E-state index is 0.0738. The summed E-state index contributed by atoms with van der Waals surface area (Å²) >= 11 is 0. The Morgan fingerprint density at radius 1 is 1.38 bits per heavy atom. The number of esters is 1. The SMILES string of the molecule is CC1=CCC2(C(O)C1O)C1C(C)COC(=O)C1OC2(C)O. The van der Waals surface area contributed by atoms with E-state index >= 15 is 0 Å². The van der Waals surface area contributed by atoms with Crippen molar-refractivity contribution in [1.29, 1.82) is 0 Å². The highest BCUT2D eigenvalue weighted by Crippen LogP contribution is 2.60. The number of rotatable bonds is 0. The van der Waals surface area contributed by atoms with E-state index in [1.54, 1.807) is 6.92 Å². The van der Waals surface area contributed by atoms with E-state index in [0.29, 0.717) is 12.0 Å². The highest BCUT2D eigenvalue weighted by Gasteiger charge is 2.71. The van der Waals surface area contributed by atoms with Crippen molar-refractivity contribution in [2.24, 2.45) is 17.3 Å². The van der Waals surface area contributed by atoms with Crippen molar-refractivity contribution in [3.63, 3.8) is 0 Å². The molecule has 6 heteroatoms. The molecule has 118 valence electrons. The average molecular weight is 298 g/mol. The van der Waals surface area contributed by atoms with Crippen molar-refractivity contribution in [2.75, 3.05) is 6.61 Å². The molecule has 0 aromatic heterocycles. The number of hydrogen-bond acceptors (Lipinski definition) is 6. The van der Waals surface area contributed by atoms with Gasteiger partial charge in [-0.15, -0.1) is 0 Å². The van der Waals surface area contributed by atoms with Gasteiger partial charge < -0.3 is 24.8 Å². The topological polar surface area (TPSA) is 96.2 Å². The predicted molar refractivity (Wildman–Crippen MR) is 71.9 cm³/mol. The number of cyclic esters (lactones) is 1. The summed E-state index contributed by atoms with van der Waals surface area (Å²) in [6.07, 6.45) is -1.01. The molecule has 3 aliphatic rings. The van der Waals surface area contributed by atoms with E-state index in [1.807, 2.05) is 13.0 Å². The first-order valence-electron chi connectivity index (χ1n) is 7.32. The van der Waals surface area contributed by atoms with Crippen LogP contribution in [0.5, 0.6) is 0 Å². The Morgan fingerprint density at radius 2 is 2.05 bits per heavy atom. The van der Waals surface area contributed by atoms with Gasteiger partial charge in [0.05, 0.1) is 18.1 Å². The Bertz CT molecular complexity index is 498. The molecule has 0 aromatic rings. The van der Waals surface area contributed by atoms with E-state index < -0.39 is 41.4 Å². The van der Waals surface area contributed by atoms with E-state index in [4.69, 9.17) is 9.47 Å². The van der Waals surface area contributed by atoms with E-state index in [9.17, 15) is 20.1 Å². The molecular weight excluding hydrogens is 276 g/mol. The van der Waals surface area contributed by atoms with Gasteiger partial charge in [0.25, 0.3) is 0 Å². The maximum atomic E-state index is 12.0. The molecule has 0 bridgehead atoms. The standard InChI is InChI=1S/C15H22O6/c1-7-4-5-15(12(17)10(7)16)9-8(2)6-20-13(18)11(9)21-14(15,3)19/h4,8-12,16-17,19H,5-6H2,1-3H3. The lowest BCUT2D eigenvalue weighted by Gasteiger charge is -2.50. The molecule has 6 nitrogen and oxygen atoms in total. The number of aliphatic hydroxyl groups is 3. The van der Waals surface area contributed by atoms with Crippen molar-refractivity contribution in [3.8, 4) is 0 Å². The fourth-order valence-electron chi connectivity index (χ4n) is 4.31. The molecule has 0 aromatic carbocycles. The van der Waals surface area contributed by atoms with Crippen LogP contribution in [0.1, 0.15) is 27.2 Å². The lowest BCUT2D eigenvalue weighted by Crippen LogP contribution is -2.61. The average Bonchev–Trinajstić information content (AvgIpc) is 2.66. The number of carbonyl (C=O) groups excluding carboxylic acids is 1. The summed E-state index contributed by atoms with van der Waals surface area (Å²) in [4.78, 5) is 12.0. The lowest BCUT2D eigenvalue weighted by molar-refractivity contribution is -0.259. The van der Waals surface area contributed by atoms with Crippen LogP contribution in [0.15, 0.2) is 11.6 Å². The Kier molecular flexibility index (Phi) is 3.22. The largest absolute Gasteiger partial charge is 0.463 e. The molecular formula is C15H22O6. The van der Waals surface area contributed by atoms with Crippen LogP contribution in [0.2, 0.25) is 0 Å². The van der Waals surface area contributed by atoms with Gasteiger partial charge in [-0.2, -0.15) is 0 Å². The summed E-state index contributed by atoms with van der Waals surface area (Å²) in [7, 11) is 0.